The van der Waals surface area contributed by atoms with Crippen molar-refractivity contribution in [1.29, 1.82) is 0 Å². The average Bonchev–Trinajstić information content (AvgIpc) is 3.56. The molecule has 230 valence electrons. The van der Waals surface area contributed by atoms with Crippen LogP contribution in [0, 0.1) is 5.92 Å². The molecule has 1 aromatic carbocycles. The Balaban J connectivity index is 1.23. The van der Waals surface area contributed by atoms with Gasteiger partial charge in [0, 0.05) is 48.9 Å². The number of likely N-dealkylation sites (tertiary alicyclic amines) is 1. The number of halogens is 1. The minimum absolute atomic E-state index is 0.0192. The summed E-state index contributed by atoms with van der Waals surface area (Å²) in [6, 6.07) is 11.0. The molecule has 3 N–H and O–H groups in total. The van der Waals surface area contributed by atoms with Crippen LogP contribution in [-0.2, 0) is 20.1 Å². The second-order valence-electron chi connectivity index (χ2n) is 12.4. The number of carbonyl (C=O) groups is 2. The number of aryl methyl sites for hydroxylation is 1. The smallest absolute Gasteiger partial charge is 0.254 e. The van der Waals surface area contributed by atoms with Crippen LogP contribution in [0.3, 0.4) is 0 Å². The van der Waals surface area contributed by atoms with Crippen molar-refractivity contribution in [2.75, 3.05) is 20.2 Å². The number of imidazole rings is 1. The number of piperidine rings is 1. The first-order valence-corrected chi connectivity index (χ1v) is 15.3. The van der Waals surface area contributed by atoms with Crippen molar-refractivity contribution in [3.63, 3.8) is 0 Å². The van der Waals surface area contributed by atoms with E-state index in [9.17, 15) is 14.0 Å². The summed E-state index contributed by atoms with van der Waals surface area (Å²) < 4.78 is 24.2. The summed E-state index contributed by atoms with van der Waals surface area (Å²) in [4.78, 5) is 41.8. The van der Waals surface area contributed by atoms with Gasteiger partial charge >= 0.3 is 0 Å². The summed E-state index contributed by atoms with van der Waals surface area (Å²) in [5.41, 5.74) is 12.3. The van der Waals surface area contributed by atoms with E-state index in [-0.39, 0.29) is 24.8 Å². The van der Waals surface area contributed by atoms with E-state index < -0.39 is 12.2 Å². The number of carbonyl (C=O) groups excluding carboxylic acids is 2. The molecule has 0 unspecified atom stereocenters. The molecule has 45 heavy (non-hydrogen) atoms. The van der Waals surface area contributed by atoms with Crippen molar-refractivity contribution in [3.8, 4) is 28.5 Å². The highest BCUT2D eigenvalue weighted by Gasteiger charge is 2.31. The molecular weight excluding hydrogens is 575 g/mol. The Morgan fingerprint density at radius 1 is 1.16 bits per heavy atom. The van der Waals surface area contributed by atoms with Gasteiger partial charge in [-0.3, -0.25) is 14.6 Å². The van der Waals surface area contributed by atoms with E-state index in [0.717, 1.165) is 58.6 Å². The van der Waals surface area contributed by atoms with Gasteiger partial charge in [-0.1, -0.05) is 0 Å². The minimum atomic E-state index is -1.15. The zero-order valence-electron chi connectivity index (χ0n) is 25.1. The van der Waals surface area contributed by atoms with E-state index in [4.69, 9.17) is 20.4 Å². The summed E-state index contributed by atoms with van der Waals surface area (Å²) in [6.45, 7) is 1.56. The summed E-state index contributed by atoms with van der Waals surface area (Å²) in [5, 5.41) is 3.79. The molecule has 2 atom stereocenters. The van der Waals surface area contributed by atoms with E-state index in [0.29, 0.717) is 47.2 Å². The number of methoxy groups -OCH3 is 1. The normalized spacial score (nSPS) is 19.7. The molecule has 8 rings (SSSR count). The fourth-order valence-electron chi connectivity index (χ4n) is 6.69. The van der Waals surface area contributed by atoms with Crippen LogP contribution < -0.4 is 15.8 Å². The van der Waals surface area contributed by atoms with Crippen LogP contribution >= 0.6 is 0 Å². The van der Waals surface area contributed by atoms with Crippen molar-refractivity contribution in [3.05, 3.63) is 59.4 Å². The number of nitrogens with one attached hydrogen (secondary N) is 1. The zero-order valence-corrected chi connectivity index (χ0v) is 25.1. The van der Waals surface area contributed by atoms with E-state index >= 15 is 0 Å². The maximum atomic E-state index is 14.3. The summed E-state index contributed by atoms with van der Waals surface area (Å²) in [6.07, 6.45) is 3.19. The third-order valence-corrected chi connectivity index (χ3v) is 9.16. The Morgan fingerprint density at radius 2 is 2.00 bits per heavy atom. The molecule has 12 heteroatoms. The number of benzene rings is 1. The predicted molar refractivity (Wildman–Crippen MR) is 167 cm³/mol. The van der Waals surface area contributed by atoms with Gasteiger partial charge in [0.05, 0.1) is 48.4 Å². The molecule has 1 aliphatic carbocycles. The van der Waals surface area contributed by atoms with Gasteiger partial charge in [0.2, 0.25) is 0 Å². The molecule has 6 heterocycles. The molecule has 2 amide bonds. The van der Waals surface area contributed by atoms with Gasteiger partial charge in [-0.2, -0.15) is 0 Å². The van der Waals surface area contributed by atoms with Crippen molar-refractivity contribution < 1.29 is 18.7 Å². The van der Waals surface area contributed by atoms with Crippen LogP contribution in [0.4, 0.5) is 4.39 Å². The fourth-order valence-corrected chi connectivity index (χ4v) is 6.69. The molecule has 5 aromatic rings. The standard InChI is InChI=1S/C33H33FN8O3/c1-40-29-25(8-19(10-28(29)45-2)33(44)41-15-21(34)11-22(35)16-41)39-31(40)27-9-18-5-6-24(38-30(18)42(27)14-17-3-4-17)20-7-23-26(36-12-20)13-37-32(23)43/h5-10,12,17,21-22H,3-4,11,13-16,35H2,1-2H3,(H,37,43)/t21-,22-/m1/s1. The first-order chi connectivity index (χ1) is 21.8. The second-order valence-corrected chi connectivity index (χ2v) is 12.4. The summed E-state index contributed by atoms with van der Waals surface area (Å²) in [7, 11) is 3.50. The highest BCUT2D eigenvalue weighted by atomic mass is 19.1. The van der Waals surface area contributed by atoms with Crippen LogP contribution in [0.2, 0.25) is 0 Å². The molecule has 2 aliphatic heterocycles. The van der Waals surface area contributed by atoms with Gasteiger partial charge in [0.15, 0.2) is 5.82 Å². The lowest BCUT2D eigenvalue weighted by molar-refractivity contribution is 0.0606. The Morgan fingerprint density at radius 3 is 2.78 bits per heavy atom. The second kappa shape index (κ2) is 10.4. The Labute approximate surface area is 258 Å². The highest BCUT2D eigenvalue weighted by Crippen LogP contribution is 2.38. The third-order valence-electron chi connectivity index (χ3n) is 9.16. The van der Waals surface area contributed by atoms with Crippen LogP contribution in [0.15, 0.2) is 42.6 Å². The largest absolute Gasteiger partial charge is 0.494 e. The number of hydrogen-bond acceptors (Lipinski definition) is 7. The number of nitrogens with zero attached hydrogens (tertiary/aromatic N) is 6. The van der Waals surface area contributed by atoms with Gasteiger partial charge in [0.25, 0.3) is 11.8 Å². The van der Waals surface area contributed by atoms with E-state index in [1.165, 1.54) is 4.90 Å². The molecule has 3 aliphatic rings. The van der Waals surface area contributed by atoms with E-state index in [2.05, 4.69) is 20.9 Å². The van der Waals surface area contributed by atoms with Crippen LogP contribution in [0.1, 0.15) is 45.7 Å². The molecule has 0 bridgehead atoms. The topological polar surface area (TPSA) is 133 Å². The van der Waals surface area contributed by atoms with Crippen LogP contribution in [0.5, 0.6) is 5.75 Å². The number of pyridine rings is 2. The van der Waals surface area contributed by atoms with Crippen molar-refractivity contribution in [1.82, 2.24) is 34.3 Å². The SMILES string of the molecule is COc1cc(C(=O)N2C[C@H](N)C[C@@H](F)C2)cc2nc(-c3cc4ccc(-c5cnc6c(c5)C(=O)NC6)nc4n3CC3CC3)n(C)c12. The number of ether oxygens (including phenoxy) is 1. The Bertz CT molecular complexity index is 2020. The zero-order chi connectivity index (χ0) is 31.0. The molecule has 4 aromatic heterocycles. The molecular formula is C33H33FN8O3. The monoisotopic (exact) mass is 608 g/mol. The van der Waals surface area contributed by atoms with Gasteiger partial charge in [-0.05, 0) is 61.6 Å². The minimum Gasteiger partial charge on any atom is -0.494 e. The lowest BCUT2D eigenvalue weighted by Crippen LogP contribution is -2.50. The van der Waals surface area contributed by atoms with E-state index in [1.54, 1.807) is 25.4 Å². The number of hydrogen-bond donors (Lipinski definition) is 2. The Kier molecular flexibility index (Phi) is 6.38. The summed E-state index contributed by atoms with van der Waals surface area (Å²) >= 11 is 0. The Hall–Kier alpha value is -4.84. The lowest BCUT2D eigenvalue weighted by Gasteiger charge is -2.33. The maximum Gasteiger partial charge on any atom is 0.254 e. The predicted octanol–water partition coefficient (Wildman–Crippen LogP) is 3.83. The van der Waals surface area contributed by atoms with Gasteiger partial charge < -0.3 is 29.8 Å². The van der Waals surface area contributed by atoms with E-state index in [1.807, 2.05) is 29.8 Å². The number of aromatic nitrogens is 5. The highest BCUT2D eigenvalue weighted by molar-refractivity contribution is 6.01. The maximum absolute atomic E-state index is 14.3. The quantitative estimate of drug-likeness (QED) is 0.299. The number of amides is 2. The number of alkyl halides is 1. The van der Waals surface area contributed by atoms with Crippen molar-refractivity contribution in [2.45, 2.75) is 44.6 Å². The lowest BCUT2D eigenvalue weighted by atomic mass is 10.0. The molecule has 11 nitrogen and oxygen atoms in total. The number of nitrogens with two attached hydrogens (primary N) is 1. The van der Waals surface area contributed by atoms with Crippen molar-refractivity contribution in [2.24, 2.45) is 18.7 Å². The van der Waals surface area contributed by atoms with Gasteiger partial charge in [0.1, 0.15) is 23.1 Å². The molecule has 1 saturated carbocycles. The van der Waals surface area contributed by atoms with Crippen LogP contribution in [-0.4, -0.2) is 73.2 Å². The first kappa shape index (κ1) is 27.7. The number of fused-ring (bicyclic) bond motifs is 3. The molecule has 0 spiro atoms. The molecule has 0 radical (unpaired) electrons. The van der Waals surface area contributed by atoms with Gasteiger partial charge in [-0.15, -0.1) is 0 Å². The average molecular weight is 609 g/mol. The number of rotatable bonds is 6. The third kappa shape index (κ3) is 4.71. The van der Waals surface area contributed by atoms with Crippen molar-refractivity contribution >= 4 is 33.9 Å². The van der Waals surface area contributed by atoms with Crippen LogP contribution in [0.25, 0.3) is 44.8 Å². The molecule has 2 fully saturated rings. The van der Waals surface area contributed by atoms with Gasteiger partial charge in [-0.25, -0.2) is 14.4 Å². The summed E-state index contributed by atoms with van der Waals surface area (Å²) in [5.74, 6) is 1.37. The molecule has 1 saturated heterocycles. The first-order valence-electron chi connectivity index (χ1n) is 15.3. The fraction of sp³-hybridized carbons (Fsp3) is 0.364.